The van der Waals surface area contributed by atoms with Crippen molar-refractivity contribution in [1.29, 1.82) is 0 Å². The summed E-state index contributed by atoms with van der Waals surface area (Å²) >= 11 is 0. The van der Waals surface area contributed by atoms with Gasteiger partial charge in [-0.05, 0) is 38.4 Å². The summed E-state index contributed by atoms with van der Waals surface area (Å²) in [6.45, 7) is 4.10. The molecule has 0 radical (unpaired) electrons. The van der Waals surface area contributed by atoms with Crippen molar-refractivity contribution in [3.63, 3.8) is 0 Å². The van der Waals surface area contributed by atoms with Crippen LogP contribution in [0.5, 0.6) is 5.75 Å². The summed E-state index contributed by atoms with van der Waals surface area (Å²) in [4.78, 5) is 0. The molecule has 1 atom stereocenters. The first-order valence-electron chi connectivity index (χ1n) is 7.09. The van der Waals surface area contributed by atoms with Crippen LogP contribution in [-0.2, 0) is 0 Å². The molecule has 1 aliphatic heterocycles. The quantitative estimate of drug-likeness (QED) is 0.721. The van der Waals surface area contributed by atoms with E-state index in [2.05, 4.69) is 28.8 Å². The van der Waals surface area contributed by atoms with Gasteiger partial charge in [0.2, 0.25) is 0 Å². The van der Waals surface area contributed by atoms with E-state index in [1.807, 2.05) is 6.07 Å². The third kappa shape index (κ3) is 3.03. The highest BCUT2D eigenvalue weighted by molar-refractivity contribution is 5.39. The van der Waals surface area contributed by atoms with Gasteiger partial charge >= 0.3 is 0 Å². The normalized spacial score (nSPS) is 21.7. The monoisotopic (exact) mass is 246 g/mol. The molecular formula is C15H22N2O. The predicted molar refractivity (Wildman–Crippen MR) is 73.2 cm³/mol. The van der Waals surface area contributed by atoms with E-state index in [-0.39, 0.29) is 0 Å². The average molecular weight is 246 g/mol. The molecule has 3 heteroatoms. The van der Waals surface area contributed by atoms with Crippen molar-refractivity contribution in [1.82, 2.24) is 10.6 Å². The molecule has 0 saturated heterocycles. The number of nitrogens with one attached hydrogen (secondary N) is 2. The molecule has 1 fully saturated rings. The fourth-order valence-corrected chi connectivity index (χ4v) is 2.48. The molecule has 1 saturated carbocycles. The third-order valence-corrected chi connectivity index (χ3v) is 3.73. The predicted octanol–water partition coefficient (Wildman–Crippen LogP) is 1.89. The lowest BCUT2D eigenvalue weighted by Crippen LogP contribution is -2.27. The smallest absolute Gasteiger partial charge is 0.122 e. The second-order valence-electron chi connectivity index (χ2n) is 5.33. The summed E-state index contributed by atoms with van der Waals surface area (Å²) in [6.07, 6.45) is 3.97. The number of fused-ring (bicyclic) bond motifs is 1. The van der Waals surface area contributed by atoms with Gasteiger partial charge in [-0.2, -0.15) is 0 Å². The number of para-hydroxylation sites is 1. The van der Waals surface area contributed by atoms with Crippen molar-refractivity contribution in [2.24, 2.45) is 0 Å². The summed E-state index contributed by atoms with van der Waals surface area (Å²) in [7, 11) is 0. The highest BCUT2D eigenvalue weighted by Gasteiger charge is 2.23. The molecule has 1 unspecified atom stereocenters. The number of rotatable bonds is 7. The first kappa shape index (κ1) is 12.0. The highest BCUT2D eigenvalue weighted by atomic mass is 16.5. The fraction of sp³-hybridized carbons (Fsp3) is 0.600. The maximum absolute atomic E-state index is 5.68. The van der Waals surface area contributed by atoms with Gasteiger partial charge < -0.3 is 15.4 Å². The van der Waals surface area contributed by atoms with Gasteiger partial charge in [-0.25, -0.2) is 0 Å². The molecule has 1 heterocycles. The van der Waals surface area contributed by atoms with Gasteiger partial charge in [0.1, 0.15) is 5.75 Å². The summed E-state index contributed by atoms with van der Waals surface area (Å²) in [5.41, 5.74) is 1.36. The Balaban J connectivity index is 1.34. The van der Waals surface area contributed by atoms with Crippen molar-refractivity contribution in [2.45, 2.75) is 31.2 Å². The minimum atomic E-state index is 0.526. The molecule has 0 aromatic heterocycles. The van der Waals surface area contributed by atoms with Gasteiger partial charge in [-0.15, -0.1) is 0 Å². The van der Waals surface area contributed by atoms with Crippen molar-refractivity contribution in [3.05, 3.63) is 29.8 Å². The lowest BCUT2D eigenvalue weighted by Gasteiger charge is -2.10. The average Bonchev–Trinajstić information content (AvgIpc) is 3.14. The molecule has 98 valence electrons. The Morgan fingerprint density at radius 1 is 1.17 bits per heavy atom. The van der Waals surface area contributed by atoms with Crippen LogP contribution in [0.25, 0.3) is 0 Å². The first-order chi connectivity index (χ1) is 8.93. The Morgan fingerprint density at radius 2 is 2.06 bits per heavy atom. The molecule has 3 rings (SSSR count). The zero-order chi connectivity index (χ0) is 12.2. The van der Waals surface area contributed by atoms with Crippen molar-refractivity contribution in [3.8, 4) is 5.75 Å². The summed E-state index contributed by atoms with van der Waals surface area (Å²) < 4.78 is 5.68. The number of benzene rings is 1. The van der Waals surface area contributed by atoms with Gasteiger partial charge in [-0.1, -0.05) is 18.2 Å². The van der Waals surface area contributed by atoms with E-state index in [1.165, 1.54) is 24.8 Å². The summed E-state index contributed by atoms with van der Waals surface area (Å²) in [5, 5.41) is 7.08. The van der Waals surface area contributed by atoms with Crippen molar-refractivity contribution >= 4 is 0 Å². The Kier molecular flexibility index (Phi) is 3.81. The Hall–Kier alpha value is -1.06. The van der Waals surface area contributed by atoms with Gasteiger partial charge in [0, 0.05) is 24.1 Å². The third-order valence-electron chi connectivity index (χ3n) is 3.73. The number of ether oxygens (including phenoxy) is 1. The lowest BCUT2D eigenvalue weighted by atomic mass is 10.0. The van der Waals surface area contributed by atoms with E-state index in [0.29, 0.717) is 5.92 Å². The lowest BCUT2D eigenvalue weighted by molar-refractivity contribution is 0.326. The van der Waals surface area contributed by atoms with Crippen LogP contribution in [-0.4, -0.2) is 32.3 Å². The maximum atomic E-state index is 5.68. The largest absolute Gasteiger partial charge is 0.493 e. The minimum absolute atomic E-state index is 0.526. The Bertz CT molecular complexity index is 390. The molecule has 1 aliphatic carbocycles. The molecular weight excluding hydrogens is 224 g/mol. The molecule has 18 heavy (non-hydrogen) atoms. The topological polar surface area (TPSA) is 33.3 Å². The van der Waals surface area contributed by atoms with Gasteiger partial charge in [0.05, 0.1) is 6.61 Å². The van der Waals surface area contributed by atoms with E-state index in [1.54, 1.807) is 0 Å². The van der Waals surface area contributed by atoms with Gasteiger partial charge in [0.15, 0.2) is 0 Å². The van der Waals surface area contributed by atoms with Gasteiger partial charge in [0.25, 0.3) is 0 Å². The molecule has 2 aliphatic rings. The van der Waals surface area contributed by atoms with E-state index in [4.69, 9.17) is 4.74 Å². The SMILES string of the molecule is c1ccc2c(c1)OCC2CNCCCNC1CC1. The van der Waals surface area contributed by atoms with Gasteiger partial charge in [-0.3, -0.25) is 0 Å². The number of hydrogen-bond donors (Lipinski definition) is 2. The highest BCUT2D eigenvalue weighted by Crippen LogP contribution is 2.32. The van der Waals surface area contributed by atoms with Crippen LogP contribution in [0.1, 0.15) is 30.7 Å². The van der Waals surface area contributed by atoms with Crippen LogP contribution < -0.4 is 15.4 Å². The molecule has 1 aromatic carbocycles. The molecule has 3 nitrogen and oxygen atoms in total. The van der Waals surface area contributed by atoms with E-state index in [0.717, 1.165) is 38.0 Å². The standard InChI is InChI=1S/C15H22N2O/c1-2-5-15-14(4-1)12(11-18-15)10-16-8-3-9-17-13-6-7-13/h1-2,4-5,12-13,16-17H,3,6-11H2. The maximum Gasteiger partial charge on any atom is 0.122 e. The summed E-state index contributed by atoms with van der Waals surface area (Å²) in [5.74, 6) is 1.59. The minimum Gasteiger partial charge on any atom is -0.493 e. The zero-order valence-corrected chi connectivity index (χ0v) is 10.8. The van der Waals surface area contributed by atoms with E-state index >= 15 is 0 Å². The molecule has 0 amide bonds. The van der Waals surface area contributed by atoms with Crippen LogP contribution in [0.3, 0.4) is 0 Å². The molecule has 0 bridgehead atoms. The zero-order valence-electron chi connectivity index (χ0n) is 10.8. The van der Waals surface area contributed by atoms with Crippen LogP contribution in [0, 0.1) is 0 Å². The molecule has 1 aromatic rings. The van der Waals surface area contributed by atoms with Crippen molar-refractivity contribution < 1.29 is 4.74 Å². The fourth-order valence-electron chi connectivity index (χ4n) is 2.48. The molecule has 0 spiro atoms. The Labute approximate surface area is 109 Å². The Morgan fingerprint density at radius 3 is 2.94 bits per heavy atom. The summed E-state index contributed by atoms with van der Waals surface area (Å²) in [6, 6.07) is 9.22. The second kappa shape index (κ2) is 5.72. The van der Waals surface area contributed by atoms with Crippen LogP contribution in [0.15, 0.2) is 24.3 Å². The first-order valence-corrected chi connectivity index (χ1v) is 7.09. The van der Waals surface area contributed by atoms with Crippen molar-refractivity contribution in [2.75, 3.05) is 26.2 Å². The van der Waals surface area contributed by atoms with E-state index < -0.39 is 0 Å². The number of hydrogen-bond acceptors (Lipinski definition) is 3. The van der Waals surface area contributed by atoms with Crippen LogP contribution in [0.4, 0.5) is 0 Å². The van der Waals surface area contributed by atoms with Crippen LogP contribution in [0.2, 0.25) is 0 Å². The second-order valence-corrected chi connectivity index (χ2v) is 5.33. The molecule has 2 N–H and O–H groups in total. The van der Waals surface area contributed by atoms with Crippen LogP contribution >= 0.6 is 0 Å². The van der Waals surface area contributed by atoms with E-state index in [9.17, 15) is 0 Å².